The number of rotatable bonds is 10. The van der Waals surface area contributed by atoms with Crippen molar-refractivity contribution in [1.29, 1.82) is 5.26 Å². The molecular formula is C26H29F2NO4. The Bertz CT molecular complexity index is 963. The SMILES string of the molecule is CCCCCCCCC1COC(c2ccc(C(=O)Oc3ccc(C#N)c(F)c3F)cc2)CO1. The summed E-state index contributed by atoms with van der Waals surface area (Å²) in [4.78, 5) is 12.3. The molecule has 2 atom stereocenters. The lowest BCUT2D eigenvalue weighted by molar-refractivity contribution is -0.137. The van der Waals surface area contributed by atoms with Crippen LogP contribution in [0.3, 0.4) is 0 Å². The monoisotopic (exact) mass is 457 g/mol. The van der Waals surface area contributed by atoms with Gasteiger partial charge >= 0.3 is 5.97 Å². The van der Waals surface area contributed by atoms with Gasteiger partial charge in [-0.3, -0.25) is 0 Å². The molecule has 0 spiro atoms. The van der Waals surface area contributed by atoms with E-state index in [1.54, 1.807) is 24.3 Å². The molecule has 0 amide bonds. The fraction of sp³-hybridized carbons (Fsp3) is 0.462. The van der Waals surface area contributed by atoms with E-state index in [4.69, 9.17) is 19.5 Å². The third-order valence-electron chi connectivity index (χ3n) is 5.73. The van der Waals surface area contributed by atoms with E-state index in [0.29, 0.717) is 13.2 Å². The zero-order chi connectivity index (χ0) is 23.6. The lowest BCUT2D eigenvalue weighted by Gasteiger charge is -2.30. The molecule has 2 aromatic carbocycles. The molecule has 2 aromatic rings. The van der Waals surface area contributed by atoms with Gasteiger partial charge in [-0.05, 0) is 36.2 Å². The largest absolute Gasteiger partial charge is 0.420 e. The molecule has 5 nitrogen and oxygen atoms in total. The Balaban J connectivity index is 1.47. The molecule has 1 saturated heterocycles. The second-order valence-electron chi connectivity index (χ2n) is 8.20. The third-order valence-corrected chi connectivity index (χ3v) is 5.73. The molecule has 0 radical (unpaired) electrons. The summed E-state index contributed by atoms with van der Waals surface area (Å²) in [5, 5.41) is 8.73. The second-order valence-corrected chi connectivity index (χ2v) is 8.20. The maximum absolute atomic E-state index is 14.0. The van der Waals surface area contributed by atoms with Crippen LogP contribution in [0.25, 0.3) is 0 Å². The van der Waals surface area contributed by atoms with Crippen LogP contribution in [-0.2, 0) is 9.47 Å². The lowest BCUT2D eigenvalue weighted by Crippen LogP contribution is -2.31. The number of nitrogens with zero attached hydrogens (tertiary/aromatic N) is 1. The van der Waals surface area contributed by atoms with E-state index in [0.717, 1.165) is 30.5 Å². The summed E-state index contributed by atoms with van der Waals surface area (Å²) in [5.74, 6) is -4.12. The van der Waals surface area contributed by atoms with Crippen molar-refractivity contribution in [3.8, 4) is 11.8 Å². The van der Waals surface area contributed by atoms with Crippen LogP contribution in [0.4, 0.5) is 8.78 Å². The molecule has 0 bridgehead atoms. The van der Waals surface area contributed by atoms with Crippen molar-refractivity contribution in [3.05, 3.63) is 64.7 Å². The summed E-state index contributed by atoms with van der Waals surface area (Å²) in [5.41, 5.74) is 0.585. The molecule has 1 heterocycles. The van der Waals surface area contributed by atoms with Crippen LogP contribution in [0.5, 0.6) is 5.75 Å². The predicted molar refractivity (Wildman–Crippen MR) is 119 cm³/mol. The van der Waals surface area contributed by atoms with Crippen molar-refractivity contribution in [2.75, 3.05) is 13.2 Å². The number of benzene rings is 2. The molecule has 7 heteroatoms. The summed E-state index contributed by atoms with van der Waals surface area (Å²) < 4.78 is 44.6. The van der Waals surface area contributed by atoms with Crippen LogP contribution >= 0.6 is 0 Å². The first-order valence-corrected chi connectivity index (χ1v) is 11.5. The Labute approximate surface area is 193 Å². The standard InChI is InChI=1S/C26H29F2NO4/c1-2-3-4-5-6-7-8-21-16-32-23(17-31-21)18-9-11-19(12-10-18)26(30)33-22-14-13-20(15-29)24(27)25(22)28/h9-14,21,23H,2-8,16-17H2,1H3. The first-order chi connectivity index (χ1) is 16.0. The molecule has 0 aliphatic carbocycles. The summed E-state index contributed by atoms with van der Waals surface area (Å²) in [6.45, 7) is 3.19. The number of unbranched alkanes of at least 4 members (excludes halogenated alkanes) is 5. The predicted octanol–water partition coefficient (Wildman–Crippen LogP) is 6.26. The van der Waals surface area contributed by atoms with Crippen molar-refractivity contribution in [1.82, 2.24) is 0 Å². The van der Waals surface area contributed by atoms with Crippen LogP contribution in [0, 0.1) is 23.0 Å². The normalized spacial score (nSPS) is 18.0. The van der Waals surface area contributed by atoms with E-state index in [9.17, 15) is 13.6 Å². The maximum atomic E-state index is 14.0. The van der Waals surface area contributed by atoms with E-state index in [1.165, 1.54) is 38.2 Å². The highest BCUT2D eigenvalue weighted by molar-refractivity contribution is 5.91. The van der Waals surface area contributed by atoms with Gasteiger partial charge < -0.3 is 14.2 Å². The van der Waals surface area contributed by atoms with Gasteiger partial charge in [-0.25, -0.2) is 9.18 Å². The molecule has 1 fully saturated rings. The minimum absolute atomic E-state index is 0.115. The number of nitriles is 1. The third kappa shape index (κ3) is 6.83. The van der Waals surface area contributed by atoms with Crippen LogP contribution in [-0.4, -0.2) is 25.3 Å². The lowest BCUT2D eigenvalue weighted by atomic mass is 10.0. The number of hydrogen-bond acceptors (Lipinski definition) is 5. The summed E-state index contributed by atoms with van der Waals surface area (Å²) in [6.07, 6.45) is 8.36. The van der Waals surface area contributed by atoms with Crippen LogP contribution in [0.1, 0.15) is 79.5 Å². The molecule has 176 valence electrons. The average molecular weight is 458 g/mol. The fourth-order valence-electron chi connectivity index (χ4n) is 3.74. The van der Waals surface area contributed by atoms with Crippen molar-refractivity contribution < 1.29 is 27.8 Å². The van der Waals surface area contributed by atoms with Crippen LogP contribution in [0.15, 0.2) is 36.4 Å². The highest BCUT2D eigenvalue weighted by Gasteiger charge is 2.24. The van der Waals surface area contributed by atoms with E-state index < -0.39 is 28.9 Å². The minimum atomic E-state index is -1.37. The average Bonchev–Trinajstić information content (AvgIpc) is 2.85. The van der Waals surface area contributed by atoms with E-state index in [2.05, 4.69) is 6.92 Å². The highest BCUT2D eigenvalue weighted by Crippen LogP contribution is 2.26. The first kappa shape index (κ1) is 24.8. The van der Waals surface area contributed by atoms with Gasteiger partial charge in [-0.15, -0.1) is 0 Å². The molecule has 0 N–H and O–H groups in total. The molecule has 1 aliphatic heterocycles. The molecule has 33 heavy (non-hydrogen) atoms. The zero-order valence-corrected chi connectivity index (χ0v) is 18.8. The van der Waals surface area contributed by atoms with Gasteiger partial charge in [0.2, 0.25) is 5.82 Å². The zero-order valence-electron chi connectivity index (χ0n) is 18.8. The smallest absolute Gasteiger partial charge is 0.343 e. The Morgan fingerprint density at radius 1 is 1.00 bits per heavy atom. The van der Waals surface area contributed by atoms with Crippen molar-refractivity contribution in [2.45, 2.75) is 64.1 Å². The van der Waals surface area contributed by atoms with E-state index in [1.807, 2.05) is 0 Å². The quantitative estimate of drug-likeness (QED) is 0.239. The molecule has 2 unspecified atom stereocenters. The summed E-state index contributed by atoms with van der Waals surface area (Å²) >= 11 is 0. The Morgan fingerprint density at radius 3 is 2.39 bits per heavy atom. The van der Waals surface area contributed by atoms with Crippen molar-refractivity contribution in [2.24, 2.45) is 0 Å². The number of esters is 1. The Hall–Kier alpha value is -2.82. The van der Waals surface area contributed by atoms with Gasteiger partial charge in [0.1, 0.15) is 12.2 Å². The van der Waals surface area contributed by atoms with Gasteiger partial charge in [0.05, 0.1) is 30.4 Å². The molecule has 0 saturated carbocycles. The van der Waals surface area contributed by atoms with Crippen LogP contribution in [0.2, 0.25) is 0 Å². The highest BCUT2D eigenvalue weighted by atomic mass is 19.2. The number of halogens is 2. The molecule has 1 aliphatic rings. The minimum Gasteiger partial charge on any atom is -0.420 e. The van der Waals surface area contributed by atoms with E-state index in [-0.39, 0.29) is 17.8 Å². The number of hydrogen-bond donors (Lipinski definition) is 0. The van der Waals surface area contributed by atoms with Crippen LogP contribution < -0.4 is 4.74 Å². The Morgan fingerprint density at radius 2 is 1.73 bits per heavy atom. The van der Waals surface area contributed by atoms with Crippen molar-refractivity contribution >= 4 is 5.97 Å². The van der Waals surface area contributed by atoms with E-state index >= 15 is 0 Å². The van der Waals surface area contributed by atoms with Crippen molar-refractivity contribution in [3.63, 3.8) is 0 Å². The second kappa shape index (κ2) is 12.4. The van der Waals surface area contributed by atoms with Gasteiger partial charge in [-0.2, -0.15) is 9.65 Å². The van der Waals surface area contributed by atoms with Gasteiger partial charge in [0.25, 0.3) is 0 Å². The number of ether oxygens (including phenoxy) is 3. The number of carbonyl (C=O) groups excluding carboxylic acids is 1. The summed E-state index contributed by atoms with van der Waals surface area (Å²) in [7, 11) is 0. The first-order valence-electron chi connectivity index (χ1n) is 11.5. The molecule has 0 aromatic heterocycles. The molecular weight excluding hydrogens is 428 g/mol. The van der Waals surface area contributed by atoms with Gasteiger partial charge in [-0.1, -0.05) is 57.6 Å². The maximum Gasteiger partial charge on any atom is 0.343 e. The van der Waals surface area contributed by atoms with Gasteiger partial charge in [0, 0.05) is 0 Å². The molecule has 3 rings (SSSR count). The number of carbonyl (C=O) groups is 1. The fourth-order valence-corrected chi connectivity index (χ4v) is 3.74. The van der Waals surface area contributed by atoms with Gasteiger partial charge in [0.15, 0.2) is 11.6 Å². The topological polar surface area (TPSA) is 68.5 Å². The Kier molecular flexibility index (Phi) is 9.35. The summed E-state index contributed by atoms with van der Waals surface area (Å²) in [6, 6.07) is 10.2.